The van der Waals surface area contributed by atoms with E-state index < -0.39 is 29.1 Å². The van der Waals surface area contributed by atoms with Gasteiger partial charge in [-0.15, -0.1) is 5.10 Å². The summed E-state index contributed by atoms with van der Waals surface area (Å²) < 4.78 is 56.4. The van der Waals surface area contributed by atoms with E-state index in [1.165, 1.54) is 0 Å². The molecule has 1 aromatic carbocycles. The number of methoxy groups -OCH3 is 1. The molecule has 0 aliphatic carbocycles. The summed E-state index contributed by atoms with van der Waals surface area (Å²) in [6.45, 7) is 0. The molecule has 0 saturated carbocycles. The summed E-state index contributed by atoms with van der Waals surface area (Å²) in [6, 6.07) is 1.70. The first-order valence-electron chi connectivity index (χ1n) is 4.83. The van der Waals surface area contributed by atoms with Gasteiger partial charge in [-0.05, 0) is 12.1 Å². The lowest BCUT2D eigenvalue weighted by molar-refractivity contribution is -0.140. The van der Waals surface area contributed by atoms with Crippen molar-refractivity contribution in [2.75, 3.05) is 7.11 Å². The third kappa shape index (κ3) is 3.57. The van der Waals surface area contributed by atoms with Gasteiger partial charge in [0, 0.05) is 0 Å². The van der Waals surface area contributed by atoms with Crippen LogP contribution in [0.4, 0.5) is 17.6 Å². The number of halogens is 4. The first-order chi connectivity index (χ1) is 8.77. The van der Waals surface area contributed by atoms with Gasteiger partial charge in [0.25, 0.3) is 0 Å². The van der Waals surface area contributed by atoms with Gasteiger partial charge >= 0.3 is 6.18 Å². The SMILES string of the molecule is COc1ccc(F)c(C(F)(F)F)c1C=NN=C(N)N. The van der Waals surface area contributed by atoms with Crippen LogP contribution in [-0.2, 0) is 6.18 Å². The average molecular weight is 278 g/mol. The molecule has 0 heterocycles. The molecule has 0 unspecified atom stereocenters. The lowest BCUT2D eigenvalue weighted by Gasteiger charge is -2.13. The Hall–Kier alpha value is -2.32. The number of alkyl halides is 3. The molecule has 19 heavy (non-hydrogen) atoms. The Bertz CT molecular complexity index is 521. The van der Waals surface area contributed by atoms with Gasteiger partial charge in [-0.25, -0.2) is 4.39 Å². The van der Waals surface area contributed by atoms with E-state index in [2.05, 4.69) is 10.2 Å². The van der Waals surface area contributed by atoms with Crippen LogP contribution in [0, 0.1) is 5.82 Å². The predicted octanol–water partition coefficient (Wildman–Crippen LogP) is 1.46. The summed E-state index contributed by atoms with van der Waals surface area (Å²) in [6.07, 6.45) is -4.23. The fourth-order valence-electron chi connectivity index (χ4n) is 1.32. The van der Waals surface area contributed by atoms with Crippen LogP contribution in [0.15, 0.2) is 22.3 Å². The number of nitrogens with two attached hydrogens (primary N) is 2. The maximum Gasteiger partial charge on any atom is 0.419 e. The molecule has 0 fully saturated rings. The molecule has 0 radical (unpaired) electrons. The third-order valence-electron chi connectivity index (χ3n) is 2.02. The van der Waals surface area contributed by atoms with Crippen molar-refractivity contribution >= 4 is 12.2 Å². The number of hydrogen-bond donors (Lipinski definition) is 2. The normalized spacial score (nSPS) is 11.6. The molecule has 9 heteroatoms. The quantitative estimate of drug-likeness (QED) is 0.380. The molecule has 0 spiro atoms. The number of ether oxygens (including phenoxy) is 1. The molecule has 1 rings (SSSR count). The Morgan fingerprint density at radius 1 is 1.32 bits per heavy atom. The van der Waals surface area contributed by atoms with E-state index in [9.17, 15) is 17.6 Å². The molecule has 0 aromatic heterocycles. The molecular weight excluding hydrogens is 268 g/mol. The molecule has 0 atom stereocenters. The van der Waals surface area contributed by atoms with Gasteiger partial charge in [0.15, 0.2) is 0 Å². The summed E-state index contributed by atoms with van der Waals surface area (Å²) in [5.41, 5.74) is 7.84. The average Bonchev–Trinajstić information content (AvgIpc) is 2.27. The van der Waals surface area contributed by atoms with E-state index in [0.29, 0.717) is 12.3 Å². The van der Waals surface area contributed by atoms with Crippen LogP contribution in [0.3, 0.4) is 0 Å². The summed E-state index contributed by atoms with van der Waals surface area (Å²) in [5, 5.41) is 6.38. The van der Waals surface area contributed by atoms with E-state index in [4.69, 9.17) is 16.2 Å². The van der Waals surface area contributed by atoms with Crippen molar-refractivity contribution in [1.29, 1.82) is 0 Å². The van der Waals surface area contributed by atoms with E-state index in [0.717, 1.165) is 13.2 Å². The Balaban J connectivity index is 3.44. The number of guanidine groups is 1. The van der Waals surface area contributed by atoms with Gasteiger partial charge in [0.2, 0.25) is 5.96 Å². The van der Waals surface area contributed by atoms with Gasteiger partial charge in [-0.2, -0.15) is 18.3 Å². The number of benzene rings is 1. The van der Waals surface area contributed by atoms with E-state index in [1.807, 2.05) is 0 Å². The van der Waals surface area contributed by atoms with Crippen LogP contribution in [0.5, 0.6) is 5.75 Å². The molecule has 4 N–H and O–H groups in total. The number of rotatable bonds is 3. The summed E-state index contributed by atoms with van der Waals surface area (Å²) in [4.78, 5) is 0. The van der Waals surface area contributed by atoms with Crippen molar-refractivity contribution < 1.29 is 22.3 Å². The summed E-state index contributed by atoms with van der Waals surface area (Å²) in [7, 11) is 1.14. The molecule has 0 aliphatic rings. The van der Waals surface area contributed by atoms with Crippen molar-refractivity contribution in [2.24, 2.45) is 21.7 Å². The van der Waals surface area contributed by atoms with Crippen LogP contribution >= 0.6 is 0 Å². The third-order valence-corrected chi connectivity index (χ3v) is 2.02. The number of hydrogen-bond acceptors (Lipinski definition) is 3. The minimum absolute atomic E-state index is 0.205. The van der Waals surface area contributed by atoms with E-state index in [-0.39, 0.29) is 5.75 Å². The van der Waals surface area contributed by atoms with Crippen molar-refractivity contribution in [2.45, 2.75) is 6.18 Å². The van der Waals surface area contributed by atoms with Crippen molar-refractivity contribution in [3.05, 3.63) is 29.1 Å². The highest BCUT2D eigenvalue weighted by Gasteiger charge is 2.37. The standard InChI is InChI=1S/C10H10F4N4O/c1-19-7-3-2-6(11)8(10(12,13)14)5(7)4-17-18-9(15)16/h2-4H,1H3,(H4,15,16,18). The Labute approximate surface area is 105 Å². The summed E-state index contributed by atoms with van der Waals surface area (Å²) in [5.74, 6) is -2.09. The van der Waals surface area contributed by atoms with Gasteiger partial charge in [0.1, 0.15) is 17.1 Å². The highest BCUT2D eigenvalue weighted by molar-refractivity contribution is 5.87. The minimum Gasteiger partial charge on any atom is -0.496 e. The largest absolute Gasteiger partial charge is 0.496 e. The molecule has 0 amide bonds. The fourth-order valence-corrected chi connectivity index (χ4v) is 1.32. The molecule has 0 bridgehead atoms. The molecule has 0 saturated heterocycles. The number of nitrogens with zero attached hydrogens (tertiary/aromatic N) is 2. The second-order valence-electron chi connectivity index (χ2n) is 3.31. The monoisotopic (exact) mass is 278 g/mol. The smallest absolute Gasteiger partial charge is 0.419 e. The van der Waals surface area contributed by atoms with Gasteiger partial charge in [-0.3, -0.25) is 0 Å². The lowest BCUT2D eigenvalue weighted by atomic mass is 10.1. The molecular formula is C10H10F4N4O. The van der Waals surface area contributed by atoms with Gasteiger partial charge in [-0.1, -0.05) is 0 Å². The first-order valence-corrected chi connectivity index (χ1v) is 4.83. The van der Waals surface area contributed by atoms with Crippen molar-refractivity contribution in [1.82, 2.24) is 0 Å². The Morgan fingerprint density at radius 2 is 1.95 bits per heavy atom. The highest BCUT2D eigenvalue weighted by Crippen LogP contribution is 2.37. The summed E-state index contributed by atoms with van der Waals surface area (Å²) >= 11 is 0. The van der Waals surface area contributed by atoms with Crippen LogP contribution in [0.1, 0.15) is 11.1 Å². The van der Waals surface area contributed by atoms with Crippen LogP contribution < -0.4 is 16.2 Å². The first kappa shape index (κ1) is 14.7. The van der Waals surface area contributed by atoms with E-state index in [1.54, 1.807) is 0 Å². The van der Waals surface area contributed by atoms with Crippen LogP contribution in [0.25, 0.3) is 0 Å². The zero-order chi connectivity index (χ0) is 14.6. The molecule has 1 aromatic rings. The molecule has 0 aliphatic heterocycles. The second-order valence-corrected chi connectivity index (χ2v) is 3.31. The minimum atomic E-state index is -4.90. The zero-order valence-electron chi connectivity index (χ0n) is 9.70. The lowest BCUT2D eigenvalue weighted by Crippen LogP contribution is -2.21. The van der Waals surface area contributed by atoms with Crippen LogP contribution in [-0.4, -0.2) is 19.3 Å². The second kappa shape index (κ2) is 5.55. The fraction of sp³-hybridized carbons (Fsp3) is 0.200. The highest BCUT2D eigenvalue weighted by atomic mass is 19.4. The Morgan fingerprint density at radius 3 is 2.42 bits per heavy atom. The van der Waals surface area contributed by atoms with Crippen molar-refractivity contribution in [3.8, 4) is 5.75 Å². The maximum atomic E-state index is 13.3. The topological polar surface area (TPSA) is 86.0 Å². The van der Waals surface area contributed by atoms with Crippen LogP contribution in [0.2, 0.25) is 0 Å². The predicted molar refractivity (Wildman–Crippen MR) is 61.4 cm³/mol. The Kier molecular flexibility index (Phi) is 4.30. The maximum absolute atomic E-state index is 13.3. The zero-order valence-corrected chi connectivity index (χ0v) is 9.70. The van der Waals surface area contributed by atoms with Gasteiger partial charge < -0.3 is 16.2 Å². The van der Waals surface area contributed by atoms with Gasteiger partial charge in [0.05, 0.1) is 18.9 Å². The van der Waals surface area contributed by atoms with Crippen molar-refractivity contribution in [3.63, 3.8) is 0 Å². The molecule has 104 valence electrons. The van der Waals surface area contributed by atoms with E-state index >= 15 is 0 Å². The molecule has 5 nitrogen and oxygen atoms in total.